The molecule has 1 aliphatic rings. The Kier molecular flexibility index (Phi) is 4.82. The number of hydrogen-bond donors (Lipinski definition) is 0. The lowest BCUT2D eigenvalue weighted by Crippen LogP contribution is -2.44. The van der Waals surface area contributed by atoms with E-state index in [-0.39, 0.29) is 18.0 Å². The first-order valence-corrected chi connectivity index (χ1v) is 8.92. The summed E-state index contributed by atoms with van der Waals surface area (Å²) in [4.78, 5) is 27.4. The normalized spacial score (nSPS) is 16.9. The van der Waals surface area contributed by atoms with Crippen molar-refractivity contribution in [3.05, 3.63) is 54.4 Å². The molecule has 0 bridgehead atoms. The summed E-state index contributed by atoms with van der Waals surface area (Å²) in [5.41, 5.74) is 1.28. The molecule has 4 rings (SSSR count). The van der Waals surface area contributed by atoms with Crippen molar-refractivity contribution in [1.29, 1.82) is 0 Å². The molecule has 0 radical (unpaired) electrons. The lowest BCUT2D eigenvalue weighted by atomic mass is 10.1. The van der Waals surface area contributed by atoms with Gasteiger partial charge in [-0.2, -0.15) is 4.98 Å². The maximum absolute atomic E-state index is 12.9. The molecule has 3 heterocycles. The fourth-order valence-electron chi connectivity index (χ4n) is 3.23. The van der Waals surface area contributed by atoms with Gasteiger partial charge in [-0.3, -0.25) is 4.79 Å². The van der Waals surface area contributed by atoms with Gasteiger partial charge in [0.2, 0.25) is 5.88 Å². The van der Waals surface area contributed by atoms with Gasteiger partial charge >= 0.3 is 6.01 Å². The van der Waals surface area contributed by atoms with E-state index in [0.717, 1.165) is 23.7 Å². The summed E-state index contributed by atoms with van der Waals surface area (Å²) in [6.45, 7) is 1.19. The van der Waals surface area contributed by atoms with Crippen LogP contribution < -0.4 is 9.47 Å². The number of piperidine rings is 1. The first kappa shape index (κ1) is 17.2. The molecule has 1 fully saturated rings. The molecule has 0 saturated carbocycles. The highest BCUT2D eigenvalue weighted by molar-refractivity contribution is 5.95. The molecule has 3 aromatic rings. The van der Waals surface area contributed by atoms with Crippen LogP contribution in [0.1, 0.15) is 23.3 Å². The largest absolute Gasteiger partial charge is 0.472 e. The summed E-state index contributed by atoms with van der Waals surface area (Å²) in [6.07, 6.45) is 3.20. The predicted molar refractivity (Wildman–Crippen MR) is 99.9 cm³/mol. The van der Waals surface area contributed by atoms with Crippen molar-refractivity contribution in [3.8, 4) is 11.9 Å². The second-order valence-corrected chi connectivity index (χ2v) is 6.40. The van der Waals surface area contributed by atoms with Crippen LogP contribution in [-0.2, 0) is 0 Å². The van der Waals surface area contributed by atoms with Crippen molar-refractivity contribution in [3.63, 3.8) is 0 Å². The number of para-hydroxylation sites is 1. The van der Waals surface area contributed by atoms with Crippen LogP contribution in [0.15, 0.2) is 48.7 Å². The summed E-state index contributed by atoms with van der Waals surface area (Å²) in [5.74, 6) is 0.374. The average Bonchev–Trinajstić information content (AvgIpc) is 2.73. The van der Waals surface area contributed by atoms with Crippen molar-refractivity contribution in [1.82, 2.24) is 19.9 Å². The third-order valence-electron chi connectivity index (χ3n) is 4.56. The van der Waals surface area contributed by atoms with Crippen LogP contribution in [0.4, 0.5) is 0 Å². The average molecular weight is 364 g/mol. The van der Waals surface area contributed by atoms with Gasteiger partial charge in [0.1, 0.15) is 11.8 Å². The van der Waals surface area contributed by atoms with E-state index in [2.05, 4.69) is 15.0 Å². The van der Waals surface area contributed by atoms with Gasteiger partial charge < -0.3 is 14.4 Å². The molecule has 138 valence electrons. The molecule has 7 nitrogen and oxygen atoms in total. The van der Waals surface area contributed by atoms with Gasteiger partial charge in [-0.1, -0.05) is 24.3 Å². The topological polar surface area (TPSA) is 77.4 Å². The number of carbonyl (C=O) groups is 1. The molecule has 0 aliphatic carbocycles. The van der Waals surface area contributed by atoms with E-state index in [9.17, 15) is 4.79 Å². The van der Waals surface area contributed by atoms with E-state index in [1.807, 2.05) is 30.3 Å². The van der Waals surface area contributed by atoms with Gasteiger partial charge in [-0.25, -0.2) is 9.97 Å². The minimum Gasteiger partial charge on any atom is -0.472 e. The fraction of sp³-hybridized carbons (Fsp3) is 0.300. The number of hydrogen-bond acceptors (Lipinski definition) is 6. The van der Waals surface area contributed by atoms with Crippen molar-refractivity contribution < 1.29 is 14.3 Å². The Morgan fingerprint density at radius 3 is 2.93 bits per heavy atom. The molecule has 2 aromatic heterocycles. The van der Waals surface area contributed by atoms with Crippen LogP contribution in [-0.4, -0.2) is 52.1 Å². The number of nitrogens with zero attached hydrogens (tertiary/aromatic N) is 4. The lowest BCUT2D eigenvalue weighted by molar-refractivity contribution is 0.0521. The third kappa shape index (κ3) is 3.81. The SMILES string of the molecule is COc1nccc(OC2CCCN(C(=O)c3ccc4ccccc4n3)C2)n1. The zero-order valence-corrected chi connectivity index (χ0v) is 15.0. The number of likely N-dealkylation sites (tertiary alicyclic amines) is 1. The van der Waals surface area contributed by atoms with E-state index >= 15 is 0 Å². The molecule has 1 atom stereocenters. The molecular weight excluding hydrogens is 344 g/mol. The van der Waals surface area contributed by atoms with Gasteiger partial charge in [0, 0.05) is 24.2 Å². The molecule has 1 aliphatic heterocycles. The maximum Gasteiger partial charge on any atom is 0.319 e. The van der Waals surface area contributed by atoms with Crippen LogP contribution in [0.25, 0.3) is 10.9 Å². The second kappa shape index (κ2) is 7.57. The molecular formula is C20H20N4O3. The maximum atomic E-state index is 12.9. The highest BCUT2D eigenvalue weighted by Crippen LogP contribution is 2.20. The van der Waals surface area contributed by atoms with Gasteiger partial charge in [0.15, 0.2) is 0 Å². The zero-order valence-electron chi connectivity index (χ0n) is 15.0. The van der Waals surface area contributed by atoms with Crippen molar-refractivity contribution in [2.45, 2.75) is 18.9 Å². The Labute approximate surface area is 157 Å². The summed E-state index contributed by atoms with van der Waals surface area (Å²) in [6, 6.07) is 13.4. The number of amides is 1. The lowest BCUT2D eigenvalue weighted by Gasteiger charge is -2.32. The van der Waals surface area contributed by atoms with Gasteiger partial charge in [0.25, 0.3) is 5.91 Å². The number of benzene rings is 1. The number of rotatable bonds is 4. The Morgan fingerprint density at radius 1 is 1.15 bits per heavy atom. The molecule has 1 unspecified atom stereocenters. The number of aromatic nitrogens is 3. The highest BCUT2D eigenvalue weighted by Gasteiger charge is 2.26. The van der Waals surface area contributed by atoms with Crippen LogP contribution in [0.5, 0.6) is 11.9 Å². The number of ether oxygens (including phenoxy) is 2. The van der Waals surface area contributed by atoms with E-state index in [1.54, 1.807) is 23.2 Å². The summed E-state index contributed by atoms with van der Waals surface area (Å²) < 4.78 is 11.0. The first-order valence-electron chi connectivity index (χ1n) is 8.92. The third-order valence-corrected chi connectivity index (χ3v) is 4.56. The monoisotopic (exact) mass is 364 g/mol. The Bertz CT molecular complexity index is 963. The molecule has 27 heavy (non-hydrogen) atoms. The standard InChI is InChI=1S/C20H20N4O3/c1-26-20-21-11-10-18(23-20)27-15-6-4-12-24(13-15)19(25)17-9-8-14-5-2-3-7-16(14)22-17/h2-3,5,7-11,15H,4,6,12-13H2,1H3. The zero-order chi connectivity index (χ0) is 18.6. The molecule has 0 spiro atoms. The van der Waals surface area contributed by atoms with Crippen LogP contribution >= 0.6 is 0 Å². The smallest absolute Gasteiger partial charge is 0.319 e. The van der Waals surface area contributed by atoms with Crippen molar-refractivity contribution in [2.24, 2.45) is 0 Å². The van der Waals surface area contributed by atoms with E-state index in [0.29, 0.717) is 24.7 Å². The highest BCUT2D eigenvalue weighted by atomic mass is 16.5. The molecule has 1 amide bonds. The molecule has 7 heteroatoms. The number of fused-ring (bicyclic) bond motifs is 1. The Hall–Kier alpha value is -3.22. The van der Waals surface area contributed by atoms with Crippen LogP contribution in [0.3, 0.4) is 0 Å². The van der Waals surface area contributed by atoms with Crippen molar-refractivity contribution >= 4 is 16.8 Å². The predicted octanol–water partition coefficient (Wildman–Crippen LogP) is 2.72. The Balaban J connectivity index is 1.47. The first-order chi connectivity index (χ1) is 13.2. The Morgan fingerprint density at radius 2 is 2.04 bits per heavy atom. The van der Waals surface area contributed by atoms with Crippen molar-refractivity contribution in [2.75, 3.05) is 20.2 Å². The molecule has 1 aromatic carbocycles. The summed E-state index contributed by atoms with van der Waals surface area (Å²) in [7, 11) is 1.51. The second-order valence-electron chi connectivity index (χ2n) is 6.40. The van der Waals surface area contributed by atoms with Crippen LogP contribution in [0.2, 0.25) is 0 Å². The fourth-order valence-corrected chi connectivity index (χ4v) is 3.23. The summed E-state index contributed by atoms with van der Waals surface area (Å²) >= 11 is 0. The number of carbonyl (C=O) groups excluding carboxylic acids is 1. The van der Waals surface area contributed by atoms with E-state index in [4.69, 9.17) is 9.47 Å². The molecule has 0 N–H and O–H groups in total. The van der Waals surface area contributed by atoms with Gasteiger partial charge in [0.05, 0.1) is 19.2 Å². The van der Waals surface area contributed by atoms with Crippen LogP contribution in [0, 0.1) is 0 Å². The molecule has 1 saturated heterocycles. The summed E-state index contributed by atoms with van der Waals surface area (Å²) in [5, 5.41) is 1.02. The quantitative estimate of drug-likeness (QED) is 0.708. The minimum absolute atomic E-state index is 0.0747. The minimum atomic E-state index is -0.122. The van der Waals surface area contributed by atoms with E-state index < -0.39 is 0 Å². The number of pyridine rings is 1. The van der Waals surface area contributed by atoms with Gasteiger partial charge in [-0.05, 0) is 25.0 Å². The van der Waals surface area contributed by atoms with Gasteiger partial charge in [-0.15, -0.1) is 0 Å². The number of methoxy groups -OCH3 is 1. The van der Waals surface area contributed by atoms with E-state index in [1.165, 1.54) is 7.11 Å².